The second-order valence-electron chi connectivity index (χ2n) is 6.58. The molecule has 3 rings (SSSR count). The molecule has 0 saturated heterocycles. The van der Waals surface area contributed by atoms with Crippen LogP contribution in [0.5, 0.6) is 11.5 Å². The predicted octanol–water partition coefficient (Wildman–Crippen LogP) is 3.79. The zero-order valence-electron chi connectivity index (χ0n) is 15.7. The van der Waals surface area contributed by atoms with Gasteiger partial charge in [0.1, 0.15) is 0 Å². The molecule has 0 aromatic heterocycles. The molecule has 1 aliphatic heterocycles. The van der Waals surface area contributed by atoms with E-state index in [-0.39, 0.29) is 12.5 Å². The fraction of sp³-hybridized carbons (Fsp3) is 0.318. The summed E-state index contributed by atoms with van der Waals surface area (Å²) in [6.07, 6.45) is 5.07. The molecular formula is C22H25NO4. The second-order valence-corrected chi connectivity index (χ2v) is 6.58. The Balaban J connectivity index is 1.85. The lowest BCUT2D eigenvalue weighted by Gasteiger charge is -2.36. The number of carbonyl (C=O) groups is 1. The van der Waals surface area contributed by atoms with Gasteiger partial charge in [0, 0.05) is 19.1 Å². The van der Waals surface area contributed by atoms with Crippen LogP contribution in [0.15, 0.2) is 48.5 Å². The maximum Gasteiger partial charge on any atom is 0.305 e. The lowest BCUT2D eigenvalue weighted by Crippen LogP contribution is -2.36. The monoisotopic (exact) mass is 367 g/mol. The van der Waals surface area contributed by atoms with Gasteiger partial charge in [0.2, 0.25) is 0 Å². The number of carboxylic acid groups (broad SMARTS) is 1. The maximum atomic E-state index is 11.5. The van der Waals surface area contributed by atoms with E-state index >= 15 is 0 Å². The molecule has 1 unspecified atom stereocenters. The van der Waals surface area contributed by atoms with Gasteiger partial charge in [0.15, 0.2) is 11.5 Å². The van der Waals surface area contributed by atoms with Gasteiger partial charge in [-0.05, 0) is 35.2 Å². The molecule has 0 bridgehead atoms. The summed E-state index contributed by atoms with van der Waals surface area (Å²) in [6.45, 7) is 1.50. The van der Waals surface area contributed by atoms with Crippen molar-refractivity contribution in [2.45, 2.75) is 18.9 Å². The van der Waals surface area contributed by atoms with Crippen molar-refractivity contribution in [3.8, 4) is 11.5 Å². The first-order chi connectivity index (χ1) is 13.1. The molecule has 0 fully saturated rings. The molecule has 2 aromatic carbocycles. The Bertz CT molecular complexity index is 817. The average molecular weight is 367 g/mol. The van der Waals surface area contributed by atoms with E-state index in [1.54, 1.807) is 14.2 Å². The molecule has 1 atom stereocenters. The fourth-order valence-electron chi connectivity index (χ4n) is 3.59. The molecule has 0 spiro atoms. The van der Waals surface area contributed by atoms with Crippen LogP contribution in [0.2, 0.25) is 0 Å². The van der Waals surface area contributed by atoms with Crippen molar-refractivity contribution in [1.82, 2.24) is 4.90 Å². The van der Waals surface area contributed by atoms with E-state index in [2.05, 4.69) is 17.1 Å². The third-order valence-corrected chi connectivity index (χ3v) is 4.93. The second kappa shape index (κ2) is 8.73. The van der Waals surface area contributed by atoms with Crippen molar-refractivity contribution < 1.29 is 19.4 Å². The van der Waals surface area contributed by atoms with E-state index in [9.17, 15) is 9.90 Å². The van der Waals surface area contributed by atoms with Gasteiger partial charge in [-0.15, -0.1) is 0 Å². The third kappa shape index (κ3) is 4.49. The summed E-state index contributed by atoms with van der Waals surface area (Å²) in [5.74, 6) is 0.510. The van der Waals surface area contributed by atoms with Gasteiger partial charge >= 0.3 is 5.97 Å². The molecule has 0 radical (unpaired) electrons. The molecule has 5 heteroatoms. The molecule has 1 N–H and O–H groups in total. The molecule has 27 heavy (non-hydrogen) atoms. The van der Waals surface area contributed by atoms with Crippen LogP contribution in [-0.2, 0) is 11.2 Å². The average Bonchev–Trinajstić information content (AvgIpc) is 2.69. The first kappa shape index (κ1) is 19.0. The highest BCUT2D eigenvalue weighted by atomic mass is 16.5. The molecule has 1 heterocycles. The number of carboxylic acids is 1. The number of hydrogen-bond donors (Lipinski definition) is 1. The quantitative estimate of drug-likeness (QED) is 0.807. The van der Waals surface area contributed by atoms with Crippen LogP contribution in [0.3, 0.4) is 0 Å². The van der Waals surface area contributed by atoms with Gasteiger partial charge in [0.05, 0.1) is 20.6 Å². The Morgan fingerprint density at radius 2 is 1.89 bits per heavy atom. The van der Waals surface area contributed by atoms with E-state index < -0.39 is 5.97 Å². The van der Waals surface area contributed by atoms with E-state index in [1.165, 1.54) is 0 Å². The lowest BCUT2D eigenvalue weighted by atomic mass is 9.90. The predicted molar refractivity (Wildman–Crippen MR) is 105 cm³/mol. The Hall–Kier alpha value is -2.79. The summed E-state index contributed by atoms with van der Waals surface area (Å²) in [5, 5.41) is 9.44. The minimum atomic E-state index is -0.806. The highest BCUT2D eigenvalue weighted by molar-refractivity contribution is 5.68. The van der Waals surface area contributed by atoms with Gasteiger partial charge < -0.3 is 14.6 Å². The number of hydrogen-bond acceptors (Lipinski definition) is 4. The Morgan fingerprint density at radius 3 is 2.56 bits per heavy atom. The normalized spacial score (nSPS) is 16.9. The number of aliphatic carboxylic acids is 1. The van der Waals surface area contributed by atoms with E-state index in [1.807, 2.05) is 42.5 Å². The number of fused-ring (bicyclic) bond motifs is 1. The minimum absolute atomic E-state index is 0.0572. The molecule has 142 valence electrons. The molecule has 5 nitrogen and oxygen atoms in total. The number of nitrogens with zero attached hydrogens (tertiary/aromatic N) is 1. The van der Waals surface area contributed by atoms with Gasteiger partial charge in [-0.1, -0.05) is 42.5 Å². The van der Waals surface area contributed by atoms with Gasteiger partial charge in [-0.3, -0.25) is 9.69 Å². The smallest absolute Gasteiger partial charge is 0.305 e. The minimum Gasteiger partial charge on any atom is -0.493 e. The van der Waals surface area contributed by atoms with Crippen LogP contribution in [0.25, 0.3) is 6.08 Å². The number of rotatable bonds is 7. The zero-order chi connectivity index (χ0) is 19.2. The van der Waals surface area contributed by atoms with Crippen molar-refractivity contribution >= 4 is 12.0 Å². The first-order valence-electron chi connectivity index (χ1n) is 9.04. The van der Waals surface area contributed by atoms with Crippen molar-refractivity contribution in [3.63, 3.8) is 0 Å². The molecule has 0 amide bonds. The SMILES string of the molecule is COc1cc2c(cc1OC)C(CC(=O)O)N(C/C=C/c1ccccc1)CC2. The topological polar surface area (TPSA) is 59.0 Å². The van der Waals surface area contributed by atoms with Crippen LogP contribution < -0.4 is 9.47 Å². The van der Waals surface area contributed by atoms with Gasteiger partial charge in [-0.25, -0.2) is 0 Å². The van der Waals surface area contributed by atoms with Gasteiger partial charge in [-0.2, -0.15) is 0 Å². The largest absolute Gasteiger partial charge is 0.493 e. The highest BCUT2D eigenvalue weighted by Gasteiger charge is 2.30. The summed E-state index contributed by atoms with van der Waals surface area (Å²) in [6, 6.07) is 13.8. The van der Waals surface area contributed by atoms with Crippen LogP contribution in [0, 0.1) is 0 Å². The summed E-state index contributed by atoms with van der Waals surface area (Å²) >= 11 is 0. The maximum absolute atomic E-state index is 11.5. The first-order valence-corrected chi connectivity index (χ1v) is 9.04. The van der Waals surface area contributed by atoms with Crippen molar-refractivity contribution in [3.05, 3.63) is 65.2 Å². The molecular weight excluding hydrogens is 342 g/mol. The lowest BCUT2D eigenvalue weighted by molar-refractivity contribution is -0.138. The number of methoxy groups -OCH3 is 2. The van der Waals surface area contributed by atoms with Crippen molar-refractivity contribution in [2.24, 2.45) is 0 Å². The Kier molecular flexibility index (Phi) is 6.14. The Morgan fingerprint density at radius 1 is 1.19 bits per heavy atom. The summed E-state index contributed by atoms with van der Waals surface area (Å²) in [7, 11) is 3.21. The van der Waals surface area contributed by atoms with E-state index in [0.29, 0.717) is 18.0 Å². The molecule has 0 saturated carbocycles. The van der Waals surface area contributed by atoms with E-state index in [4.69, 9.17) is 9.47 Å². The summed E-state index contributed by atoms with van der Waals surface area (Å²) in [4.78, 5) is 13.7. The van der Waals surface area contributed by atoms with Crippen molar-refractivity contribution in [2.75, 3.05) is 27.3 Å². The van der Waals surface area contributed by atoms with Gasteiger partial charge in [0.25, 0.3) is 0 Å². The summed E-state index contributed by atoms with van der Waals surface area (Å²) < 4.78 is 10.8. The van der Waals surface area contributed by atoms with E-state index in [0.717, 1.165) is 29.7 Å². The highest BCUT2D eigenvalue weighted by Crippen LogP contribution is 2.39. The fourth-order valence-corrected chi connectivity index (χ4v) is 3.59. The summed E-state index contributed by atoms with van der Waals surface area (Å²) in [5.41, 5.74) is 3.27. The molecule has 0 aliphatic carbocycles. The van der Waals surface area contributed by atoms with Crippen LogP contribution >= 0.6 is 0 Å². The molecule has 2 aromatic rings. The zero-order valence-corrected chi connectivity index (χ0v) is 15.7. The van der Waals surface area contributed by atoms with Crippen LogP contribution in [0.4, 0.5) is 0 Å². The van der Waals surface area contributed by atoms with Crippen LogP contribution in [-0.4, -0.2) is 43.3 Å². The van der Waals surface area contributed by atoms with Crippen LogP contribution in [0.1, 0.15) is 29.2 Å². The standard InChI is InChI=1S/C22H25NO4/c1-26-20-13-17-10-12-23(11-6-9-16-7-4-3-5-8-16)19(15-22(24)25)18(17)14-21(20)27-2/h3-9,13-14,19H,10-12,15H2,1-2H3,(H,24,25)/b9-6+. The Labute approximate surface area is 159 Å². The number of benzene rings is 2. The number of ether oxygens (including phenoxy) is 2. The third-order valence-electron chi connectivity index (χ3n) is 4.93. The molecule has 1 aliphatic rings. The van der Waals surface area contributed by atoms with Crippen molar-refractivity contribution in [1.29, 1.82) is 0 Å².